The molecule has 2 bridgehead atoms. The second kappa shape index (κ2) is 7.07. The van der Waals surface area contributed by atoms with Crippen molar-refractivity contribution in [3.8, 4) is 11.8 Å². The molecule has 3 heterocycles. The predicted molar refractivity (Wildman–Crippen MR) is 80.6 cm³/mol. The number of aromatic nitrogens is 2. The van der Waals surface area contributed by atoms with Gasteiger partial charge in [-0.3, -0.25) is 4.90 Å². The van der Waals surface area contributed by atoms with E-state index in [9.17, 15) is 0 Å². The van der Waals surface area contributed by atoms with Gasteiger partial charge in [-0.15, -0.1) is 0 Å². The van der Waals surface area contributed by atoms with Crippen LogP contribution >= 0.6 is 0 Å². The van der Waals surface area contributed by atoms with Gasteiger partial charge in [-0.1, -0.05) is 26.2 Å². The molecule has 0 saturated carbocycles. The average molecular weight is 291 g/mol. The average Bonchev–Trinajstić information content (AvgIpc) is 3.11. The van der Waals surface area contributed by atoms with Gasteiger partial charge in [-0.2, -0.15) is 0 Å². The highest BCUT2D eigenvalue weighted by atomic mass is 16.5. The van der Waals surface area contributed by atoms with Gasteiger partial charge < -0.3 is 9.47 Å². The van der Waals surface area contributed by atoms with Crippen LogP contribution in [-0.2, 0) is 0 Å². The molecule has 3 atom stereocenters. The van der Waals surface area contributed by atoms with Gasteiger partial charge in [0.1, 0.15) is 6.10 Å². The Bertz CT molecular complexity index is 455. The number of unbranched alkanes of at least 4 members (excludes halogenated alkanes) is 3. The molecule has 0 N–H and O–H groups in total. The summed E-state index contributed by atoms with van der Waals surface area (Å²) in [5.74, 6) is 1.75. The fraction of sp³-hybridized carbons (Fsp3) is 0.750. The molecular weight excluding hydrogens is 266 g/mol. The van der Waals surface area contributed by atoms with Crippen molar-refractivity contribution in [1.29, 1.82) is 0 Å². The molecule has 5 nitrogen and oxygen atoms in total. The Hall–Kier alpha value is -1.36. The molecule has 2 aliphatic rings. The van der Waals surface area contributed by atoms with Crippen LogP contribution in [0, 0.1) is 5.92 Å². The predicted octanol–water partition coefficient (Wildman–Crippen LogP) is 2.52. The molecule has 1 aromatic heterocycles. The molecule has 1 unspecified atom stereocenters. The summed E-state index contributed by atoms with van der Waals surface area (Å²) in [7, 11) is 0. The van der Waals surface area contributed by atoms with Crippen LogP contribution in [0.3, 0.4) is 0 Å². The number of fused-ring (bicyclic) bond motifs is 2. The minimum Gasteiger partial charge on any atom is -0.474 e. The van der Waals surface area contributed by atoms with E-state index in [-0.39, 0.29) is 6.10 Å². The Labute approximate surface area is 126 Å². The maximum Gasteiger partial charge on any atom is 0.278 e. The van der Waals surface area contributed by atoms with Gasteiger partial charge in [0.05, 0.1) is 6.61 Å². The monoisotopic (exact) mass is 291 g/mol. The molecule has 1 aromatic rings. The molecule has 116 valence electrons. The van der Waals surface area contributed by atoms with E-state index >= 15 is 0 Å². The Morgan fingerprint density at radius 3 is 2.71 bits per heavy atom. The number of piperidine rings is 1. The maximum atomic E-state index is 6.08. The zero-order chi connectivity index (χ0) is 14.5. The Morgan fingerprint density at radius 2 is 2.00 bits per heavy atom. The van der Waals surface area contributed by atoms with Crippen LogP contribution in [0.2, 0.25) is 0 Å². The molecule has 2 saturated heterocycles. The third kappa shape index (κ3) is 3.64. The first-order chi connectivity index (χ1) is 10.4. The van der Waals surface area contributed by atoms with Crippen molar-refractivity contribution in [3.05, 3.63) is 12.4 Å². The first kappa shape index (κ1) is 14.6. The molecule has 0 amide bonds. The summed E-state index contributed by atoms with van der Waals surface area (Å²) in [5, 5.41) is 0. The molecule has 0 radical (unpaired) electrons. The highest BCUT2D eigenvalue weighted by Gasteiger charge is 2.40. The minimum atomic E-state index is 0.248. The van der Waals surface area contributed by atoms with E-state index in [1.54, 1.807) is 12.4 Å². The zero-order valence-corrected chi connectivity index (χ0v) is 12.8. The standard InChI is InChI=1S/C16H25N3O2/c1-2-3-4-5-10-20-15-16(18-8-7-17-15)21-14-12-19-9-6-13(14)11-19/h7-8,13-14H,2-6,9-12H2,1H3/t13-,14-/m1/s1. The molecule has 2 fully saturated rings. The molecule has 3 rings (SSSR count). The van der Waals surface area contributed by atoms with Crippen LogP contribution < -0.4 is 9.47 Å². The van der Waals surface area contributed by atoms with Crippen LogP contribution in [0.1, 0.15) is 39.0 Å². The van der Waals surface area contributed by atoms with Gasteiger partial charge >= 0.3 is 0 Å². The Kier molecular flexibility index (Phi) is 4.91. The number of hydrogen-bond donors (Lipinski definition) is 0. The number of rotatable bonds is 8. The maximum absolute atomic E-state index is 6.08. The van der Waals surface area contributed by atoms with Crippen LogP contribution in [0.25, 0.3) is 0 Å². The first-order valence-corrected chi connectivity index (χ1v) is 8.19. The normalized spacial score (nSPS) is 27.0. The van der Waals surface area contributed by atoms with Crippen LogP contribution in [0.15, 0.2) is 12.4 Å². The molecular formula is C16H25N3O2. The lowest BCUT2D eigenvalue weighted by Gasteiger charge is -2.23. The quantitative estimate of drug-likeness (QED) is 0.689. The lowest BCUT2D eigenvalue weighted by Crippen LogP contribution is -2.32. The van der Waals surface area contributed by atoms with E-state index in [1.165, 1.54) is 32.2 Å². The van der Waals surface area contributed by atoms with Crippen molar-refractivity contribution < 1.29 is 9.47 Å². The zero-order valence-electron chi connectivity index (χ0n) is 12.8. The number of ether oxygens (including phenoxy) is 2. The molecule has 0 aliphatic carbocycles. The summed E-state index contributed by atoms with van der Waals surface area (Å²) in [6, 6.07) is 0. The molecule has 0 spiro atoms. The highest BCUT2D eigenvalue weighted by molar-refractivity contribution is 5.24. The van der Waals surface area contributed by atoms with E-state index in [1.807, 2.05) is 0 Å². The highest BCUT2D eigenvalue weighted by Crippen LogP contribution is 2.32. The largest absolute Gasteiger partial charge is 0.474 e. The summed E-state index contributed by atoms with van der Waals surface area (Å²) in [4.78, 5) is 11.0. The smallest absolute Gasteiger partial charge is 0.278 e. The second-order valence-electron chi connectivity index (χ2n) is 6.04. The van der Waals surface area contributed by atoms with Crippen LogP contribution in [0.5, 0.6) is 11.8 Å². The third-order valence-electron chi connectivity index (χ3n) is 4.41. The fourth-order valence-corrected chi connectivity index (χ4v) is 3.20. The number of hydrogen-bond acceptors (Lipinski definition) is 5. The van der Waals surface area contributed by atoms with E-state index < -0.39 is 0 Å². The van der Waals surface area contributed by atoms with Gasteiger partial charge in [0.25, 0.3) is 11.8 Å². The lowest BCUT2D eigenvalue weighted by atomic mass is 10.0. The topological polar surface area (TPSA) is 47.5 Å². The first-order valence-electron chi connectivity index (χ1n) is 8.19. The van der Waals surface area contributed by atoms with E-state index in [4.69, 9.17) is 9.47 Å². The Morgan fingerprint density at radius 1 is 1.14 bits per heavy atom. The van der Waals surface area contributed by atoms with Crippen molar-refractivity contribution in [2.45, 2.75) is 45.1 Å². The van der Waals surface area contributed by atoms with Crippen molar-refractivity contribution in [2.75, 3.05) is 26.2 Å². The van der Waals surface area contributed by atoms with Crippen molar-refractivity contribution in [2.24, 2.45) is 5.92 Å². The summed E-state index contributed by atoms with van der Waals surface area (Å²) in [6.07, 6.45) is 9.57. The van der Waals surface area contributed by atoms with Gasteiger partial charge in [-0.25, -0.2) is 9.97 Å². The molecule has 2 aliphatic heterocycles. The molecule has 5 heteroatoms. The number of nitrogens with zero attached hydrogens (tertiary/aromatic N) is 3. The summed E-state index contributed by atoms with van der Waals surface area (Å²) < 4.78 is 11.8. The van der Waals surface area contributed by atoms with Crippen molar-refractivity contribution >= 4 is 0 Å². The van der Waals surface area contributed by atoms with Gasteiger partial charge in [0.2, 0.25) is 0 Å². The SMILES string of the molecule is CCCCCCOc1nccnc1O[C@@H]1CN2CC[C@@H]1C2. The van der Waals surface area contributed by atoms with E-state index in [0.717, 1.165) is 19.5 Å². The third-order valence-corrected chi connectivity index (χ3v) is 4.41. The molecule has 0 aromatic carbocycles. The van der Waals surface area contributed by atoms with Crippen molar-refractivity contribution in [1.82, 2.24) is 14.9 Å². The Balaban J connectivity index is 1.52. The molecule has 21 heavy (non-hydrogen) atoms. The van der Waals surface area contributed by atoms with E-state index in [2.05, 4.69) is 21.8 Å². The van der Waals surface area contributed by atoms with Gasteiger partial charge in [0.15, 0.2) is 0 Å². The second-order valence-corrected chi connectivity index (χ2v) is 6.04. The van der Waals surface area contributed by atoms with Gasteiger partial charge in [0, 0.05) is 31.4 Å². The van der Waals surface area contributed by atoms with E-state index in [0.29, 0.717) is 24.3 Å². The van der Waals surface area contributed by atoms with Crippen molar-refractivity contribution in [3.63, 3.8) is 0 Å². The van der Waals surface area contributed by atoms with Crippen LogP contribution in [0.4, 0.5) is 0 Å². The van der Waals surface area contributed by atoms with Crippen LogP contribution in [-0.4, -0.2) is 47.2 Å². The summed E-state index contributed by atoms with van der Waals surface area (Å²) >= 11 is 0. The summed E-state index contributed by atoms with van der Waals surface area (Å²) in [5.41, 5.74) is 0. The fourth-order valence-electron chi connectivity index (χ4n) is 3.20. The van der Waals surface area contributed by atoms with Gasteiger partial charge in [-0.05, 0) is 19.4 Å². The lowest BCUT2D eigenvalue weighted by molar-refractivity contribution is 0.127. The summed E-state index contributed by atoms with van der Waals surface area (Å²) in [6.45, 7) is 6.29. The minimum absolute atomic E-state index is 0.248.